The Bertz CT molecular complexity index is 940. The molecule has 5 heteroatoms. The van der Waals surface area contributed by atoms with Gasteiger partial charge in [0.1, 0.15) is 11.5 Å². The van der Waals surface area contributed by atoms with Crippen molar-refractivity contribution < 1.29 is 14.3 Å². The number of para-hydroxylation sites is 2. The summed E-state index contributed by atoms with van der Waals surface area (Å²) in [6.45, 7) is 0.300. The van der Waals surface area contributed by atoms with E-state index in [1.54, 1.807) is 0 Å². The molecule has 3 aromatic rings. The molecule has 1 aliphatic rings. The number of carbonyl (C=O) groups excluding carboxylic acids is 2. The smallest absolute Gasteiger partial charge is 0.310 e. The Hall–Kier alpha value is -3.60. The Morgan fingerprint density at radius 3 is 1.93 bits per heavy atom. The largest absolute Gasteiger partial charge is 0.457 e. The first-order valence-corrected chi connectivity index (χ1v) is 8.71. The Labute approximate surface area is 157 Å². The SMILES string of the molecule is O=C(NCc1ccccc1)C(=O)NC1c2ccccc2Oc2ccccc21. The van der Waals surface area contributed by atoms with Crippen LogP contribution in [0.3, 0.4) is 0 Å². The minimum Gasteiger partial charge on any atom is -0.457 e. The quantitative estimate of drug-likeness (QED) is 0.706. The van der Waals surface area contributed by atoms with Gasteiger partial charge in [0.05, 0.1) is 6.04 Å². The third kappa shape index (κ3) is 3.53. The molecule has 4 rings (SSSR count). The maximum atomic E-state index is 12.5. The minimum atomic E-state index is -0.678. The number of fused-ring (bicyclic) bond motifs is 2. The standard InChI is InChI=1S/C22H18N2O3/c25-21(23-14-15-8-2-1-3-9-15)22(26)24-20-16-10-4-6-12-18(16)27-19-13-7-5-11-17(19)20/h1-13,20H,14H2,(H,23,25)(H,24,26). The number of hydrogen-bond acceptors (Lipinski definition) is 3. The Balaban J connectivity index is 1.52. The number of amides is 2. The van der Waals surface area contributed by atoms with Gasteiger partial charge in [-0.2, -0.15) is 0 Å². The third-order valence-electron chi connectivity index (χ3n) is 4.46. The van der Waals surface area contributed by atoms with Crippen LogP contribution in [-0.2, 0) is 16.1 Å². The Morgan fingerprint density at radius 2 is 1.30 bits per heavy atom. The van der Waals surface area contributed by atoms with E-state index in [1.165, 1.54) is 0 Å². The van der Waals surface area contributed by atoms with Crippen LogP contribution in [0.2, 0.25) is 0 Å². The molecule has 0 aromatic heterocycles. The molecule has 0 radical (unpaired) electrons. The number of nitrogens with one attached hydrogen (secondary N) is 2. The van der Waals surface area contributed by atoms with E-state index < -0.39 is 17.9 Å². The van der Waals surface area contributed by atoms with Gasteiger partial charge < -0.3 is 15.4 Å². The van der Waals surface area contributed by atoms with Gasteiger partial charge in [0, 0.05) is 17.7 Å². The molecule has 0 unspecified atom stereocenters. The number of ether oxygens (including phenoxy) is 1. The van der Waals surface area contributed by atoms with E-state index in [4.69, 9.17) is 4.74 Å². The lowest BCUT2D eigenvalue weighted by Crippen LogP contribution is -2.42. The molecule has 2 N–H and O–H groups in total. The van der Waals surface area contributed by atoms with E-state index in [1.807, 2.05) is 78.9 Å². The average molecular weight is 358 g/mol. The fraction of sp³-hybridized carbons (Fsp3) is 0.0909. The molecule has 0 atom stereocenters. The average Bonchev–Trinajstić information content (AvgIpc) is 2.72. The molecule has 0 spiro atoms. The lowest BCUT2D eigenvalue weighted by atomic mass is 9.94. The van der Waals surface area contributed by atoms with Gasteiger partial charge in [0.15, 0.2) is 0 Å². The number of carbonyl (C=O) groups is 2. The molecule has 0 saturated carbocycles. The summed E-state index contributed by atoms with van der Waals surface area (Å²) in [5.74, 6) is 0.000122. The van der Waals surface area contributed by atoms with Crippen molar-refractivity contribution >= 4 is 11.8 Å². The second kappa shape index (κ2) is 7.33. The molecule has 0 bridgehead atoms. The summed E-state index contributed by atoms with van der Waals surface area (Å²) >= 11 is 0. The molecular formula is C22H18N2O3. The fourth-order valence-electron chi connectivity index (χ4n) is 3.12. The zero-order valence-electron chi connectivity index (χ0n) is 14.5. The van der Waals surface area contributed by atoms with Crippen LogP contribution < -0.4 is 15.4 Å². The highest BCUT2D eigenvalue weighted by atomic mass is 16.5. The van der Waals surface area contributed by atoms with Crippen molar-refractivity contribution in [3.05, 3.63) is 95.6 Å². The Kier molecular flexibility index (Phi) is 4.58. The van der Waals surface area contributed by atoms with E-state index in [2.05, 4.69) is 10.6 Å². The van der Waals surface area contributed by atoms with Crippen LogP contribution in [0.25, 0.3) is 0 Å². The van der Waals surface area contributed by atoms with Gasteiger partial charge in [-0.25, -0.2) is 0 Å². The van der Waals surface area contributed by atoms with Crippen LogP contribution in [0.1, 0.15) is 22.7 Å². The van der Waals surface area contributed by atoms with Gasteiger partial charge >= 0.3 is 11.8 Å². The summed E-state index contributed by atoms with van der Waals surface area (Å²) in [6.07, 6.45) is 0. The highest BCUT2D eigenvalue weighted by Crippen LogP contribution is 2.42. The van der Waals surface area contributed by atoms with Crippen molar-refractivity contribution in [3.8, 4) is 11.5 Å². The molecule has 27 heavy (non-hydrogen) atoms. The fourth-order valence-corrected chi connectivity index (χ4v) is 3.12. The molecule has 0 fully saturated rings. The molecule has 5 nitrogen and oxygen atoms in total. The van der Waals surface area contributed by atoms with Crippen molar-refractivity contribution in [2.24, 2.45) is 0 Å². The summed E-state index contributed by atoms with van der Waals surface area (Å²) in [4.78, 5) is 24.7. The van der Waals surface area contributed by atoms with Crippen LogP contribution in [0.15, 0.2) is 78.9 Å². The lowest BCUT2D eigenvalue weighted by Gasteiger charge is -2.28. The van der Waals surface area contributed by atoms with Gasteiger partial charge in [-0.1, -0.05) is 66.7 Å². The first kappa shape index (κ1) is 16.8. The van der Waals surface area contributed by atoms with E-state index in [-0.39, 0.29) is 0 Å². The predicted molar refractivity (Wildman–Crippen MR) is 101 cm³/mol. The van der Waals surface area contributed by atoms with Crippen LogP contribution in [0.5, 0.6) is 11.5 Å². The molecule has 3 aromatic carbocycles. The van der Waals surface area contributed by atoms with E-state index >= 15 is 0 Å². The molecule has 1 aliphatic heterocycles. The zero-order valence-corrected chi connectivity index (χ0v) is 14.5. The van der Waals surface area contributed by atoms with Crippen LogP contribution in [-0.4, -0.2) is 11.8 Å². The molecule has 0 aliphatic carbocycles. The van der Waals surface area contributed by atoms with Crippen LogP contribution in [0, 0.1) is 0 Å². The highest BCUT2D eigenvalue weighted by Gasteiger charge is 2.29. The zero-order chi connectivity index (χ0) is 18.6. The summed E-state index contributed by atoms with van der Waals surface area (Å²) < 4.78 is 5.90. The maximum absolute atomic E-state index is 12.5. The van der Waals surface area contributed by atoms with Gasteiger partial charge in [-0.3, -0.25) is 9.59 Å². The summed E-state index contributed by atoms with van der Waals surface area (Å²) in [5, 5.41) is 5.49. The van der Waals surface area contributed by atoms with Crippen LogP contribution in [0.4, 0.5) is 0 Å². The number of rotatable bonds is 3. The van der Waals surface area contributed by atoms with E-state index in [0.29, 0.717) is 18.0 Å². The first-order chi connectivity index (χ1) is 13.2. The second-order valence-electron chi connectivity index (χ2n) is 6.25. The van der Waals surface area contributed by atoms with Crippen molar-refractivity contribution in [2.45, 2.75) is 12.6 Å². The summed E-state index contributed by atoms with van der Waals surface area (Å²) in [6, 6.07) is 24.0. The van der Waals surface area contributed by atoms with Gasteiger partial charge in [-0.15, -0.1) is 0 Å². The lowest BCUT2D eigenvalue weighted by molar-refractivity contribution is -0.139. The van der Waals surface area contributed by atoms with Crippen molar-refractivity contribution in [1.82, 2.24) is 10.6 Å². The van der Waals surface area contributed by atoms with Crippen molar-refractivity contribution in [3.63, 3.8) is 0 Å². The normalized spacial score (nSPS) is 12.3. The van der Waals surface area contributed by atoms with E-state index in [0.717, 1.165) is 16.7 Å². The molecular weight excluding hydrogens is 340 g/mol. The minimum absolute atomic E-state index is 0.300. The van der Waals surface area contributed by atoms with Crippen LogP contribution >= 0.6 is 0 Å². The summed E-state index contributed by atoms with van der Waals surface area (Å²) in [5.41, 5.74) is 2.57. The maximum Gasteiger partial charge on any atom is 0.310 e. The van der Waals surface area contributed by atoms with Gasteiger partial charge in [0.25, 0.3) is 0 Å². The van der Waals surface area contributed by atoms with E-state index in [9.17, 15) is 9.59 Å². The molecule has 2 amide bonds. The molecule has 134 valence electrons. The van der Waals surface area contributed by atoms with Gasteiger partial charge in [-0.05, 0) is 17.7 Å². The third-order valence-corrected chi connectivity index (χ3v) is 4.46. The number of benzene rings is 3. The number of hydrogen-bond donors (Lipinski definition) is 2. The molecule has 0 saturated heterocycles. The summed E-state index contributed by atoms with van der Waals surface area (Å²) in [7, 11) is 0. The Morgan fingerprint density at radius 1 is 0.741 bits per heavy atom. The van der Waals surface area contributed by atoms with Gasteiger partial charge in [0.2, 0.25) is 0 Å². The highest BCUT2D eigenvalue weighted by molar-refractivity contribution is 6.35. The van der Waals surface area contributed by atoms with Crippen molar-refractivity contribution in [2.75, 3.05) is 0 Å². The topological polar surface area (TPSA) is 67.4 Å². The monoisotopic (exact) mass is 358 g/mol. The molecule has 1 heterocycles. The van der Waals surface area contributed by atoms with Crippen molar-refractivity contribution in [1.29, 1.82) is 0 Å². The first-order valence-electron chi connectivity index (χ1n) is 8.71. The predicted octanol–water partition coefficient (Wildman–Crippen LogP) is 3.31. The second-order valence-corrected chi connectivity index (χ2v) is 6.25.